The molecule has 5 rings (SSSR count). The van der Waals surface area contributed by atoms with E-state index in [0.717, 1.165) is 12.5 Å². The zero-order valence-electron chi connectivity index (χ0n) is 13.8. The fraction of sp³-hybridized carbons (Fsp3) is 0.778. The Morgan fingerprint density at radius 3 is 2.71 bits per heavy atom. The molecule has 0 aromatic rings. The third kappa shape index (κ3) is 2.56. The summed E-state index contributed by atoms with van der Waals surface area (Å²) in [7, 11) is 0. The van der Waals surface area contributed by atoms with Gasteiger partial charge in [-0.1, -0.05) is 6.58 Å². The van der Waals surface area contributed by atoms with Crippen molar-refractivity contribution in [2.75, 3.05) is 6.61 Å². The molecule has 24 heavy (non-hydrogen) atoms. The maximum absolute atomic E-state index is 12.9. The van der Waals surface area contributed by atoms with Crippen molar-refractivity contribution in [1.29, 1.82) is 0 Å². The first-order valence-electron chi connectivity index (χ1n) is 8.77. The van der Waals surface area contributed by atoms with Crippen molar-refractivity contribution >= 4 is 11.9 Å². The van der Waals surface area contributed by atoms with Crippen LogP contribution in [0.4, 0.5) is 0 Å². The Morgan fingerprint density at radius 1 is 1.21 bits per heavy atom. The highest BCUT2D eigenvalue weighted by Crippen LogP contribution is 2.64. The number of hydrogen-bond acceptors (Lipinski definition) is 6. The number of esters is 2. The Labute approximate surface area is 141 Å². The van der Waals surface area contributed by atoms with Crippen molar-refractivity contribution in [1.82, 2.24) is 0 Å². The van der Waals surface area contributed by atoms with Crippen LogP contribution >= 0.6 is 0 Å². The maximum atomic E-state index is 12.9. The molecular weight excluding hydrogens is 312 g/mol. The molecule has 6 nitrogen and oxygen atoms in total. The Hall–Kier alpha value is -1.40. The monoisotopic (exact) mass is 336 g/mol. The number of carbonyl (C=O) groups is 2. The second-order valence-electron chi connectivity index (χ2n) is 8.17. The molecule has 0 amide bonds. The topological polar surface area (TPSA) is 82.1 Å². The van der Waals surface area contributed by atoms with Gasteiger partial charge >= 0.3 is 11.9 Å². The van der Waals surface area contributed by atoms with Gasteiger partial charge in [-0.2, -0.15) is 0 Å². The molecule has 1 aliphatic heterocycles. The number of carbonyl (C=O) groups excluding carboxylic acids is 2. The van der Waals surface area contributed by atoms with Crippen LogP contribution in [0.1, 0.15) is 51.4 Å². The predicted octanol–water partition coefficient (Wildman–Crippen LogP) is 1.85. The molecule has 5 aliphatic rings. The molecule has 0 aromatic carbocycles. The lowest BCUT2D eigenvalue weighted by atomic mass is 9.46. The first kappa shape index (κ1) is 16.1. The van der Waals surface area contributed by atoms with Crippen LogP contribution in [-0.2, 0) is 23.8 Å². The number of rotatable bonds is 4. The smallest absolute Gasteiger partial charge is 0.330 e. The summed E-state index contributed by atoms with van der Waals surface area (Å²) in [4.78, 5) is 24.7. The fourth-order valence-corrected chi connectivity index (χ4v) is 5.78. The summed E-state index contributed by atoms with van der Waals surface area (Å²) in [6.45, 7) is 4.06. The van der Waals surface area contributed by atoms with E-state index in [0.29, 0.717) is 51.6 Å². The van der Waals surface area contributed by atoms with E-state index >= 15 is 0 Å². The van der Waals surface area contributed by atoms with Crippen molar-refractivity contribution in [3.63, 3.8) is 0 Å². The van der Waals surface area contributed by atoms with Crippen LogP contribution < -0.4 is 0 Å². The standard InChI is InChI=1S/C18H24O6/c1-2-13(19)24-18-8-12-6-16(10-18,9-17(21,7-12)11-18)15(20)23-14-4-3-5-22-14/h2,12,14,21H,1,3-11H2. The van der Waals surface area contributed by atoms with E-state index in [2.05, 4.69) is 6.58 Å². The summed E-state index contributed by atoms with van der Waals surface area (Å²) < 4.78 is 16.7. The van der Waals surface area contributed by atoms with E-state index < -0.39 is 28.9 Å². The Morgan fingerprint density at radius 2 is 2.04 bits per heavy atom. The third-order valence-corrected chi connectivity index (χ3v) is 6.03. The van der Waals surface area contributed by atoms with Crippen LogP contribution in [0.15, 0.2) is 12.7 Å². The molecule has 0 radical (unpaired) electrons. The minimum Gasteiger partial charge on any atom is -0.456 e. The lowest BCUT2D eigenvalue weighted by Crippen LogP contribution is -2.66. The van der Waals surface area contributed by atoms with Crippen LogP contribution in [-0.4, -0.2) is 41.1 Å². The minimum atomic E-state index is -0.962. The summed E-state index contributed by atoms with van der Waals surface area (Å²) in [6.07, 6.45) is 5.51. The average molecular weight is 336 g/mol. The summed E-state index contributed by atoms with van der Waals surface area (Å²) in [6, 6.07) is 0. The van der Waals surface area contributed by atoms with E-state index in [4.69, 9.17) is 14.2 Å². The number of hydrogen-bond donors (Lipinski definition) is 1. The van der Waals surface area contributed by atoms with Crippen LogP contribution in [0, 0.1) is 11.3 Å². The van der Waals surface area contributed by atoms with Crippen LogP contribution in [0.25, 0.3) is 0 Å². The molecule has 1 N–H and O–H groups in total. The zero-order chi connectivity index (χ0) is 17.0. The molecule has 6 heteroatoms. The average Bonchev–Trinajstić information content (AvgIpc) is 2.97. The maximum Gasteiger partial charge on any atom is 0.330 e. The van der Waals surface area contributed by atoms with E-state index in [1.807, 2.05) is 0 Å². The SMILES string of the molecule is C=CC(=O)OC12CC3CC(O)(C1)CC(C(=O)OC1CCCO1)(C3)C2. The lowest BCUT2D eigenvalue weighted by Gasteiger charge is -2.62. The van der Waals surface area contributed by atoms with Gasteiger partial charge in [-0.25, -0.2) is 4.79 Å². The molecule has 4 bridgehead atoms. The van der Waals surface area contributed by atoms with E-state index in [1.165, 1.54) is 0 Å². The van der Waals surface area contributed by atoms with Crippen molar-refractivity contribution in [2.24, 2.45) is 11.3 Å². The Kier molecular flexibility index (Phi) is 3.55. The first-order chi connectivity index (χ1) is 11.4. The van der Waals surface area contributed by atoms with Crippen molar-refractivity contribution in [3.05, 3.63) is 12.7 Å². The van der Waals surface area contributed by atoms with Gasteiger partial charge in [0, 0.05) is 25.3 Å². The van der Waals surface area contributed by atoms with Gasteiger partial charge in [0.05, 0.1) is 17.6 Å². The van der Waals surface area contributed by atoms with Crippen molar-refractivity contribution < 1.29 is 28.9 Å². The van der Waals surface area contributed by atoms with E-state index in [1.54, 1.807) is 0 Å². The Balaban J connectivity index is 1.60. The molecule has 132 valence electrons. The van der Waals surface area contributed by atoms with Gasteiger partial charge in [-0.3, -0.25) is 4.79 Å². The second-order valence-corrected chi connectivity index (χ2v) is 8.17. The molecule has 5 fully saturated rings. The van der Waals surface area contributed by atoms with Gasteiger partial charge < -0.3 is 19.3 Å². The first-order valence-corrected chi connectivity index (χ1v) is 8.77. The minimum absolute atomic E-state index is 0.168. The molecular formula is C18H24O6. The van der Waals surface area contributed by atoms with Gasteiger partial charge in [0.1, 0.15) is 5.60 Å². The third-order valence-electron chi connectivity index (χ3n) is 6.03. The molecule has 5 atom stereocenters. The molecule has 1 saturated heterocycles. The van der Waals surface area contributed by atoms with Crippen molar-refractivity contribution in [2.45, 2.75) is 68.9 Å². The number of aliphatic hydroxyl groups is 1. The van der Waals surface area contributed by atoms with Gasteiger partial charge in [-0.15, -0.1) is 0 Å². The fourth-order valence-electron chi connectivity index (χ4n) is 5.78. The summed E-state index contributed by atoms with van der Waals surface area (Å²) >= 11 is 0. The molecule has 5 unspecified atom stereocenters. The van der Waals surface area contributed by atoms with E-state index in [-0.39, 0.29) is 11.9 Å². The second kappa shape index (κ2) is 5.30. The summed E-state index contributed by atoms with van der Waals surface area (Å²) in [5, 5.41) is 11.0. The van der Waals surface area contributed by atoms with Crippen LogP contribution in [0.5, 0.6) is 0 Å². The van der Waals surface area contributed by atoms with Crippen LogP contribution in [0.2, 0.25) is 0 Å². The highest BCUT2D eigenvalue weighted by molar-refractivity contribution is 5.82. The summed E-state index contributed by atoms with van der Waals surface area (Å²) in [5.41, 5.74) is -2.52. The summed E-state index contributed by atoms with van der Waals surface area (Å²) in [5.74, 6) is -0.639. The lowest BCUT2D eigenvalue weighted by molar-refractivity contribution is -0.251. The molecule has 1 heterocycles. The Bertz CT molecular complexity index is 582. The normalized spacial score (nSPS) is 45.9. The van der Waals surface area contributed by atoms with Gasteiger partial charge in [0.25, 0.3) is 0 Å². The highest BCUT2D eigenvalue weighted by Gasteiger charge is 2.67. The van der Waals surface area contributed by atoms with Crippen molar-refractivity contribution in [3.8, 4) is 0 Å². The van der Waals surface area contributed by atoms with E-state index in [9.17, 15) is 14.7 Å². The van der Waals surface area contributed by atoms with Gasteiger partial charge in [-0.05, 0) is 38.0 Å². The van der Waals surface area contributed by atoms with Gasteiger partial charge in [0.2, 0.25) is 6.29 Å². The zero-order valence-corrected chi connectivity index (χ0v) is 13.8. The number of ether oxygens (including phenoxy) is 3. The molecule has 4 aliphatic carbocycles. The van der Waals surface area contributed by atoms with Gasteiger partial charge in [0.15, 0.2) is 0 Å². The molecule has 0 aromatic heterocycles. The molecule has 0 spiro atoms. The molecule has 4 saturated carbocycles. The quantitative estimate of drug-likeness (QED) is 0.623. The van der Waals surface area contributed by atoms with Crippen LogP contribution in [0.3, 0.4) is 0 Å². The largest absolute Gasteiger partial charge is 0.456 e. The predicted molar refractivity (Wildman–Crippen MR) is 82.7 cm³/mol. The highest BCUT2D eigenvalue weighted by atomic mass is 16.7.